The van der Waals surface area contributed by atoms with Crippen molar-refractivity contribution in [3.8, 4) is 0 Å². The van der Waals surface area contributed by atoms with Gasteiger partial charge in [-0.1, -0.05) is 30.3 Å². The van der Waals surface area contributed by atoms with Crippen LogP contribution in [-0.2, 0) is 6.54 Å². The van der Waals surface area contributed by atoms with Gasteiger partial charge in [0.25, 0.3) is 11.9 Å². The SMILES string of the molecule is Fc1ccc(Nc2nnc(NCc3ccccc3)nn2)cc1. The lowest BCUT2D eigenvalue weighted by Gasteiger charge is -2.05. The molecule has 0 saturated carbocycles. The van der Waals surface area contributed by atoms with Crippen LogP contribution in [0.25, 0.3) is 0 Å². The van der Waals surface area contributed by atoms with Crippen molar-refractivity contribution in [1.82, 2.24) is 20.4 Å². The summed E-state index contributed by atoms with van der Waals surface area (Å²) >= 11 is 0. The van der Waals surface area contributed by atoms with Crippen LogP contribution in [0.3, 0.4) is 0 Å². The fourth-order valence-corrected chi connectivity index (χ4v) is 1.79. The molecule has 0 amide bonds. The van der Waals surface area contributed by atoms with E-state index in [0.29, 0.717) is 18.2 Å². The molecule has 0 fully saturated rings. The maximum Gasteiger partial charge on any atom is 0.266 e. The molecule has 0 bridgehead atoms. The van der Waals surface area contributed by atoms with Gasteiger partial charge >= 0.3 is 0 Å². The van der Waals surface area contributed by atoms with Crippen molar-refractivity contribution in [3.63, 3.8) is 0 Å². The molecule has 0 unspecified atom stereocenters. The second-order valence-corrected chi connectivity index (χ2v) is 4.52. The van der Waals surface area contributed by atoms with Crippen molar-refractivity contribution >= 4 is 17.6 Å². The van der Waals surface area contributed by atoms with Crippen molar-refractivity contribution in [2.45, 2.75) is 6.54 Å². The highest BCUT2D eigenvalue weighted by Crippen LogP contribution is 2.12. The quantitative estimate of drug-likeness (QED) is 0.754. The Bertz CT molecular complexity index is 715. The van der Waals surface area contributed by atoms with Gasteiger partial charge in [-0.2, -0.15) is 0 Å². The lowest BCUT2D eigenvalue weighted by molar-refractivity contribution is 0.628. The second-order valence-electron chi connectivity index (χ2n) is 4.52. The highest BCUT2D eigenvalue weighted by molar-refractivity contribution is 5.52. The van der Waals surface area contributed by atoms with E-state index in [9.17, 15) is 4.39 Å². The van der Waals surface area contributed by atoms with Gasteiger partial charge in [-0.05, 0) is 29.8 Å². The maximum atomic E-state index is 12.8. The molecule has 7 heteroatoms. The summed E-state index contributed by atoms with van der Waals surface area (Å²) in [6, 6.07) is 15.7. The fourth-order valence-electron chi connectivity index (χ4n) is 1.79. The summed E-state index contributed by atoms with van der Waals surface area (Å²) in [7, 11) is 0. The first-order valence-corrected chi connectivity index (χ1v) is 6.67. The van der Waals surface area contributed by atoms with E-state index in [1.54, 1.807) is 12.1 Å². The Labute approximate surface area is 126 Å². The van der Waals surface area contributed by atoms with E-state index in [-0.39, 0.29) is 11.8 Å². The monoisotopic (exact) mass is 296 g/mol. The van der Waals surface area contributed by atoms with Crippen LogP contribution in [0, 0.1) is 5.82 Å². The first-order chi connectivity index (χ1) is 10.8. The van der Waals surface area contributed by atoms with Crippen LogP contribution in [0.1, 0.15) is 5.56 Å². The summed E-state index contributed by atoms with van der Waals surface area (Å²) < 4.78 is 12.8. The number of rotatable bonds is 5. The molecule has 0 aliphatic heterocycles. The second kappa shape index (κ2) is 6.57. The predicted molar refractivity (Wildman–Crippen MR) is 81.1 cm³/mol. The van der Waals surface area contributed by atoms with E-state index in [1.165, 1.54) is 12.1 Å². The van der Waals surface area contributed by atoms with Crippen molar-refractivity contribution in [1.29, 1.82) is 0 Å². The van der Waals surface area contributed by atoms with Gasteiger partial charge in [-0.15, -0.1) is 20.4 Å². The molecule has 22 heavy (non-hydrogen) atoms. The smallest absolute Gasteiger partial charge is 0.266 e. The van der Waals surface area contributed by atoms with E-state index >= 15 is 0 Å². The zero-order chi connectivity index (χ0) is 15.2. The number of hydrogen-bond acceptors (Lipinski definition) is 6. The first-order valence-electron chi connectivity index (χ1n) is 6.67. The number of hydrogen-bond donors (Lipinski definition) is 2. The van der Waals surface area contributed by atoms with Gasteiger partial charge in [-0.3, -0.25) is 0 Å². The third-order valence-corrected chi connectivity index (χ3v) is 2.87. The zero-order valence-corrected chi connectivity index (χ0v) is 11.6. The topological polar surface area (TPSA) is 75.6 Å². The molecule has 3 rings (SSSR count). The Morgan fingerprint density at radius 1 is 0.773 bits per heavy atom. The van der Waals surface area contributed by atoms with Crippen LogP contribution < -0.4 is 10.6 Å². The third-order valence-electron chi connectivity index (χ3n) is 2.87. The molecular formula is C15H13FN6. The van der Waals surface area contributed by atoms with Crippen LogP contribution in [-0.4, -0.2) is 20.4 Å². The number of benzene rings is 2. The summed E-state index contributed by atoms with van der Waals surface area (Å²) in [5, 5.41) is 21.6. The van der Waals surface area contributed by atoms with E-state index in [2.05, 4.69) is 31.0 Å². The molecule has 0 spiro atoms. The van der Waals surface area contributed by atoms with Gasteiger partial charge in [0, 0.05) is 12.2 Å². The normalized spacial score (nSPS) is 10.2. The Morgan fingerprint density at radius 3 is 2.09 bits per heavy atom. The van der Waals surface area contributed by atoms with Crippen molar-refractivity contribution in [3.05, 3.63) is 66.0 Å². The van der Waals surface area contributed by atoms with E-state index in [1.807, 2.05) is 30.3 Å². The summed E-state index contributed by atoms with van der Waals surface area (Å²) in [5.41, 5.74) is 1.77. The van der Waals surface area contributed by atoms with Crippen LogP contribution in [0.5, 0.6) is 0 Å². The van der Waals surface area contributed by atoms with E-state index in [4.69, 9.17) is 0 Å². The molecule has 1 heterocycles. The Kier molecular flexibility index (Phi) is 4.15. The van der Waals surface area contributed by atoms with Gasteiger partial charge in [0.05, 0.1) is 0 Å². The van der Waals surface area contributed by atoms with E-state index in [0.717, 1.165) is 5.56 Å². The van der Waals surface area contributed by atoms with Gasteiger partial charge in [0.1, 0.15) is 5.82 Å². The summed E-state index contributed by atoms with van der Waals surface area (Å²) in [5.74, 6) is 0.286. The third kappa shape index (κ3) is 3.72. The van der Waals surface area contributed by atoms with E-state index < -0.39 is 0 Å². The maximum absolute atomic E-state index is 12.8. The fraction of sp³-hybridized carbons (Fsp3) is 0.0667. The van der Waals surface area contributed by atoms with Crippen molar-refractivity contribution in [2.24, 2.45) is 0 Å². The average Bonchev–Trinajstić information content (AvgIpc) is 2.57. The van der Waals surface area contributed by atoms with Crippen LogP contribution >= 0.6 is 0 Å². The standard InChI is InChI=1S/C15H13FN6/c16-12-6-8-13(9-7-12)18-15-21-19-14(20-22-15)17-10-11-4-2-1-3-5-11/h1-9H,10H2,(H,17,19,20)(H,18,21,22). The lowest BCUT2D eigenvalue weighted by atomic mass is 10.2. The summed E-state index contributed by atoms with van der Waals surface area (Å²) in [6.07, 6.45) is 0. The molecule has 0 aliphatic rings. The van der Waals surface area contributed by atoms with Gasteiger partial charge < -0.3 is 10.6 Å². The van der Waals surface area contributed by atoms with Crippen molar-refractivity contribution < 1.29 is 4.39 Å². The number of aromatic nitrogens is 4. The molecule has 0 atom stereocenters. The molecule has 6 nitrogen and oxygen atoms in total. The number of anilines is 3. The van der Waals surface area contributed by atoms with Gasteiger partial charge in [0.15, 0.2) is 0 Å². The van der Waals surface area contributed by atoms with Crippen LogP contribution in [0.15, 0.2) is 54.6 Å². The minimum Gasteiger partial charge on any atom is -0.348 e. The average molecular weight is 296 g/mol. The Morgan fingerprint density at radius 2 is 1.41 bits per heavy atom. The molecule has 1 aromatic heterocycles. The van der Waals surface area contributed by atoms with Crippen LogP contribution in [0.4, 0.5) is 22.0 Å². The molecule has 0 saturated heterocycles. The van der Waals surface area contributed by atoms with Crippen molar-refractivity contribution in [2.75, 3.05) is 10.6 Å². The van der Waals surface area contributed by atoms with Gasteiger partial charge in [0.2, 0.25) is 0 Å². The lowest BCUT2D eigenvalue weighted by Crippen LogP contribution is -2.08. The molecule has 2 N–H and O–H groups in total. The molecule has 2 aromatic carbocycles. The molecule has 110 valence electrons. The predicted octanol–water partition coefficient (Wildman–Crippen LogP) is 2.76. The molecule has 0 radical (unpaired) electrons. The number of nitrogens with one attached hydrogen (secondary N) is 2. The minimum absolute atomic E-state index is 0.247. The van der Waals surface area contributed by atoms with Crippen LogP contribution in [0.2, 0.25) is 0 Å². The number of nitrogens with zero attached hydrogens (tertiary/aromatic N) is 4. The summed E-state index contributed by atoms with van der Waals surface area (Å²) in [6.45, 7) is 0.592. The first kappa shape index (κ1) is 13.9. The van der Waals surface area contributed by atoms with Gasteiger partial charge in [-0.25, -0.2) is 4.39 Å². The number of halogens is 1. The molecular weight excluding hydrogens is 283 g/mol. The minimum atomic E-state index is -0.303. The Balaban J connectivity index is 1.59. The molecule has 3 aromatic rings. The largest absolute Gasteiger partial charge is 0.348 e. The molecule has 0 aliphatic carbocycles. The summed E-state index contributed by atoms with van der Waals surface area (Å²) in [4.78, 5) is 0. The zero-order valence-electron chi connectivity index (χ0n) is 11.6. The Hall–Kier alpha value is -3.09. The highest BCUT2D eigenvalue weighted by atomic mass is 19.1. The highest BCUT2D eigenvalue weighted by Gasteiger charge is 2.02.